The van der Waals surface area contributed by atoms with E-state index in [1.165, 1.54) is 12.1 Å². The Labute approximate surface area is 325 Å². The minimum absolute atomic E-state index is 0.0774. The van der Waals surface area contributed by atoms with Gasteiger partial charge in [0.25, 0.3) is 0 Å². The summed E-state index contributed by atoms with van der Waals surface area (Å²) in [5.41, 5.74) is -5.52. The lowest BCUT2D eigenvalue weighted by atomic mass is 10.0. The van der Waals surface area contributed by atoms with Crippen LogP contribution < -0.4 is 18.9 Å². The Hall–Kier alpha value is -6.46. The SMILES string of the molecule is C=CC(=O)OCCCCOc1ccc(C=CC(=O)Oc2ccc(OC(=O)C=Cc3ccc(OCCCCOC(=O)C=C)cc3F)c(C(F)(F)F)c2C(F)(F)F)c(F)c1. The molecule has 0 heterocycles. The molecule has 0 saturated heterocycles. The van der Waals surface area contributed by atoms with Crippen LogP contribution in [0, 0.1) is 11.6 Å². The average molecular weight is 827 g/mol. The maximum absolute atomic E-state index is 14.6. The van der Waals surface area contributed by atoms with Gasteiger partial charge in [0.15, 0.2) is 0 Å². The summed E-state index contributed by atoms with van der Waals surface area (Å²) >= 11 is 0. The molecule has 3 aromatic rings. The summed E-state index contributed by atoms with van der Waals surface area (Å²) in [7, 11) is 0. The van der Waals surface area contributed by atoms with Gasteiger partial charge in [-0.15, -0.1) is 0 Å². The van der Waals surface area contributed by atoms with Crippen LogP contribution in [0.4, 0.5) is 35.1 Å². The molecule has 0 aromatic heterocycles. The lowest BCUT2D eigenvalue weighted by Crippen LogP contribution is -2.21. The molecule has 0 atom stereocenters. The van der Waals surface area contributed by atoms with Crippen LogP contribution in [0.3, 0.4) is 0 Å². The van der Waals surface area contributed by atoms with Crippen LogP contribution in [0.5, 0.6) is 23.0 Å². The minimum atomic E-state index is -5.81. The number of ether oxygens (including phenoxy) is 6. The Bertz CT molecular complexity index is 1880. The topological polar surface area (TPSA) is 124 Å². The second-order valence-corrected chi connectivity index (χ2v) is 11.5. The number of carbonyl (C=O) groups excluding carboxylic acids is 4. The molecule has 0 bridgehead atoms. The van der Waals surface area contributed by atoms with E-state index >= 15 is 0 Å². The van der Waals surface area contributed by atoms with E-state index in [2.05, 4.69) is 22.6 Å². The maximum atomic E-state index is 14.6. The fourth-order valence-corrected chi connectivity index (χ4v) is 4.62. The second-order valence-electron chi connectivity index (χ2n) is 11.5. The van der Waals surface area contributed by atoms with Gasteiger partial charge < -0.3 is 28.4 Å². The molecule has 58 heavy (non-hydrogen) atoms. The summed E-state index contributed by atoms with van der Waals surface area (Å²) in [5, 5.41) is 0. The Morgan fingerprint density at radius 2 is 0.897 bits per heavy atom. The number of rotatable bonds is 20. The van der Waals surface area contributed by atoms with E-state index in [0.29, 0.717) is 50.0 Å². The molecule has 10 nitrogen and oxygen atoms in total. The molecule has 0 aliphatic carbocycles. The number of hydrogen-bond acceptors (Lipinski definition) is 10. The molecule has 0 spiro atoms. The zero-order chi connectivity index (χ0) is 42.9. The molecule has 0 fully saturated rings. The molecule has 0 radical (unpaired) electrons. The summed E-state index contributed by atoms with van der Waals surface area (Å²) in [6, 6.07) is 7.43. The number of alkyl halides is 6. The largest absolute Gasteiger partial charge is 0.493 e. The van der Waals surface area contributed by atoms with Gasteiger partial charge in [0.1, 0.15) is 45.8 Å². The Morgan fingerprint density at radius 3 is 1.22 bits per heavy atom. The van der Waals surface area contributed by atoms with Crippen molar-refractivity contribution in [2.24, 2.45) is 0 Å². The van der Waals surface area contributed by atoms with E-state index in [4.69, 9.17) is 18.9 Å². The van der Waals surface area contributed by atoms with E-state index in [-0.39, 0.29) is 49.1 Å². The molecular formula is C40H34F8O10. The van der Waals surface area contributed by atoms with Crippen LogP contribution in [-0.4, -0.2) is 50.3 Å². The number of carbonyl (C=O) groups is 4. The highest BCUT2D eigenvalue weighted by atomic mass is 19.4. The summed E-state index contributed by atoms with van der Waals surface area (Å²) in [4.78, 5) is 46.9. The third-order valence-corrected chi connectivity index (χ3v) is 7.30. The standard InChI is InChI=1S/C40H34F8O10/c1-3-33(49)55-21-7-5-19-53-27-13-9-25(29(41)23-27)11-17-35(51)57-31-15-16-32(38(40(46,47)48)37(31)39(43,44)45)58-36(52)18-12-26-10-14-28(24-30(26)42)54-20-6-8-22-56-34(50)4-2/h3-4,9-18,23-24H,1-2,5-8,19-22H2. The fraction of sp³-hybridized carbons (Fsp3) is 0.250. The van der Waals surface area contributed by atoms with Gasteiger partial charge in [-0.3, -0.25) is 0 Å². The van der Waals surface area contributed by atoms with Gasteiger partial charge in [-0.2, -0.15) is 26.3 Å². The van der Waals surface area contributed by atoms with Gasteiger partial charge in [0.05, 0.1) is 26.4 Å². The zero-order valence-electron chi connectivity index (χ0n) is 30.3. The number of halogens is 8. The van der Waals surface area contributed by atoms with E-state index in [0.717, 1.165) is 48.6 Å². The first-order valence-corrected chi connectivity index (χ1v) is 17.0. The van der Waals surface area contributed by atoms with Crippen molar-refractivity contribution in [3.63, 3.8) is 0 Å². The maximum Gasteiger partial charge on any atom is 0.420 e. The van der Waals surface area contributed by atoms with Crippen molar-refractivity contribution in [2.75, 3.05) is 26.4 Å². The first-order valence-electron chi connectivity index (χ1n) is 17.0. The predicted molar refractivity (Wildman–Crippen MR) is 190 cm³/mol. The Kier molecular flexibility index (Phi) is 17.2. The van der Waals surface area contributed by atoms with Crippen molar-refractivity contribution in [2.45, 2.75) is 38.0 Å². The van der Waals surface area contributed by atoms with E-state index in [9.17, 15) is 54.3 Å². The molecule has 0 amide bonds. The first kappa shape index (κ1) is 45.9. The van der Waals surface area contributed by atoms with Crippen molar-refractivity contribution < 1.29 is 82.7 Å². The molecule has 18 heteroatoms. The molecule has 310 valence electrons. The molecule has 0 aliphatic heterocycles. The van der Waals surface area contributed by atoms with E-state index in [1.54, 1.807) is 0 Å². The Balaban J connectivity index is 1.68. The van der Waals surface area contributed by atoms with Crippen LogP contribution in [0.25, 0.3) is 12.2 Å². The smallest absolute Gasteiger partial charge is 0.420 e. The monoisotopic (exact) mass is 826 g/mol. The zero-order valence-corrected chi connectivity index (χ0v) is 30.3. The third-order valence-electron chi connectivity index (χ3n) is 7.30. The van der Waals surface area contributed by atoms with Crippen LogP contribution in [0.2, 0.25) is 0 Å². The van der Waals surface area contributed by atoms with Gasteiger partial charge in [0.2, 0.25) is 0 Å². The van der Waals surface area contributed by atoms with Crippen LogP contribution in [-0.2, 0) is 41.0 Å². The molecule has 3 aromatic carbocycles. The molecule has 3 rings (SSSR count). The van der Waals surface area contributed by atoms with Gasteiger partial charge in [-0.05, 0) is 74.2 Å². The van der Waals surface area contributed by atoms with E-state index in [1.807, 2.05) is 0 Å². The van der Waals surface area contributed by atoms with E-state index < -0.39 is 70.5 Å². The van der Waals surface area contributed by atoms with Crippen LogP contribution in [0.15, 0.2) is 86.0 Å². The normalized spacial score (nSPS) is 11.6. The number of esters is 4. The molecule has 0 saturated carbocycles. The lowest BCUT2D eigenvalue weighted by Gasteiger charge is -2.21. The average Bonchev–Trinajstić information content (AvgIpc) is 3.16. The number of unbranched alkanes of at least 4 members (excludes halogenated alkanes) is 2. The summed E-state index contributed by atoms with van der Waals surface area (Å²) in [6.45, 7) is 6.98. The Morgan fingerprint density at radius 1 is 0.534 bits per heavy atom. The van der Waals surface area contributed by atoms with Crippen molar-refractivity contribution in [1.29, 1.82) is 0 Å². The van der Waals surface area contributed by atoms with Crippen LogP contribution >= 0.6 is 0 Å². The van der Waals surface area contributed by atoms with Crippen molar-refractivity contribution in [3.05, 3.63) is 120 Å². The molecule has 0 aliphatic rings. The molecule has 0 unspecified atom stereocenters. The minimum Gasteiger partial charge on any atom is -0.493 e. The summed E-state index contributed by atoms with van der Waals surface area (Å²) < 4.78 is 144. The first-order chi connectivity index (χ1) is 27.4. The quantitative estimate of drug-likeness (QED) is 0.0359. The van der Waals surface area contributed by atoms with Crippen LogP contribution in [0.1, 0.15) is 47.9 Å². The van der Waals surface area contributed by atoms with Gasteiger partial charge in [-0.25, -0.2) is 28.0 Å². The highest BCUT2D eigenvalue weighted by Gasteiger charge is 2.48. The molecular weight excluding hydrogens is 792 g/mol. The highest BCUT2D eigenvalue weighted by molar-refractivity contribution is 5.90. The number of benzene rings is 3. The third kappa shape index (κ3) is 14.9. The van der Waals surface area contributed by atoms with Gasteiger partial charge >= 0.3 is 36.2 Å². The van der Waals surface area contributed by atoms with Crippen molar-refractivity contribution in [1.82, 2.24) is 0 Å². The van der Waals surface area contributed by atoms with Gasteiger partial charge in [0, 0.05) is 47.6 Å². The fourth-order valence-electron chi connectivity index (χ4n) is 4.62. The predicted octanol–water partition coefficient (Wildman–Crippen LogP) is 9.02. The highest BCUT2D eigenvalue weighted by Crippen LogP contribution is 2.49. The number of hydrogen-bond donors (Lipinski definition) is 0. The van der Waals surface area contributed by atoms with Crippen molar-refractivity contribution in [3.8, 4) is 23.0 Å². The van der Waals surface area contributed by atoms with Gasteiger partial charge in [-0.1, -0.05) is 13.2 Å². The lowest BCUT2D eigenvalue weighted by molar-refractivity contribution is -0.164. The second kappa shape index (κ2) is 21.7. The molecule has 0 N–H and O–H groups in total. The summed E-state index contributed by atoms with van der Waals surface area (Å²) in [6.07, 6.45) is -5.32. The van der Waals surface area contributed by atoms with Crippen molar-refractivity contribution >= 4 is 36.0 Å². The summed E-state index contributed by atoms with van der Waals surface area (Å²) in [5.74, 6) is -9.33.